The van der Waals surface area contributed by atoms with E-state index < -0.39 is 11.0 Å². The van der Waals surface area contributed by atoms with Crippen LogP contribution < -0.4 is 15.4 Å². The van der Waals surface area contributed by atoms with Gasteiger partial charge in [0, 0.05) is 12.1 Å². The van der Waals surface area contributed by atoms with Gasteiger partial charge in [-0.3, -0.25) is 14.9 Å². The Morgan fingerprint density at radius 1 is 1.24 bits per heavy atom. The van der Waals surface area contributed by atoms with Crippen LogP contribution in [-0.4, -0.2) is 24.0 Å². The molecule has 0 saturated carbocycles. The fourth-order valence-electron chi connectivity index (χ4n) is 2.20. The lowest BCUT2D eigenvalue weighted by molar-refractivity contribution is -0.384. The van der Waals surface area contributed by atoms with E-state index in [0.29, 0.717) is 11.4 Å². The molecule has 7 nitrogen and oxygen atoms in total. The molecule has 2 N–H and O–H groups in total. The van der Waals surface area contributed by atoms with Crippen molar-refractivity contribution >= 4 is 34.6 Å². The number of nitro groups is 1. The van der Waals surface area contributed by atoms with Crippen molar-refractivity contribution in [3.63, 3.8) is 0 Å². The van der Waals surface area contributed by atoms with Gasteiger partial charge < -0.3 is 15.4 Å². The first-order valence-electron chi connectivity index (χ1n) is 7.48. The van der Waals surface area contributed by atoms with Crippen LogP contribution in [0, 0.1) is 17.0 Å². The number of anilines is 2. The van der Waals surface area contributed by atoms with Gasteiger partial charge in [-0.1, -0.05) is 17.7 Å². The van der Waals surface area contributed by atoms with Crippen LogP contribution in [0.15, 0.2) is 36.4 Å². The number of nitro benzene ring substituents is 1. The summed E-state index contributed by atoms with van der Waals surface area (Å²) in [5.74, 6) is 0.226. The van der Waals surface area contributed by atoms with Gasteiger partial charge in [-0.05, 0) is 37.6 Å². The molecule has 0 heterocycles. The number of rotatable bonds is 6. The van der Waals surface area contributed by atoms with Gasteiger partial charge in [0.2, 0.25) is 5.91 Å². The van der Waals surface area contributed by atoms with E-state index in [0.717, 1.165) is 5.56 Å². The second-order valence-corrected chi connectivity index (χ2v) is 5.89. The highest BCUT2D eigenvalue weighted by atomic mass is 35.5. The summed E-state index contributed by atoms with van der Waals surface area (Å²) in [5.41, 5.74) is 1.72. The van der Waals surface area contributed by atoms with Crippen LogP contribution in [0.1, 0.15) is 12.5 Å². The van der Waals surface area contributed by atoms with Crippen molar-refractivity contribution in [1.29, 1.82) is 0 Å². The fraction of sp³-hybridized carbons (Fsp3) is 0.235. The Balaban J connectivity index is 2.15. The predicted octanol–water partition coefficient (Wildman–Crippen LogP) is 4.00. The summed E-state index contributed by atoms with van der Waals surface area (Å²) < 4.78 is 5.27. The van der Waals surface area contributed by atoms with Crippen LogP contribution in [0.4, 0.5) is 17.1 Å². The molecule has 25 heavy (non-hydrogen) atoms. The number of carbonyl (C=O) groups is 1. The molecule has 0 aliphatic rings. The number of ether oxygens (including phenoxy) is 1. The molecule has 0 radical (unpaired) electrons. The number of methoxy groups -OCH3 is 1. The molecule has 0 fully saturated rings. The van der Waals surface area contributed by atoms with Gasteiger partial charge in [0.05, 0.1) is 28.4 Å². The van der Waals surface area contributed by atoms with E-state index in [1.807, 2.05) is 19.1 Å². The number of nitrogens with zero attached hydrogens (tertiary/aromatic N) is 1. The summed E-state index contributed by atoms with van der Waals surface area (Å²) in [6.07, 6.45) is 0. The SMILES string of the molecule is COc1ccc(C)cc1N[C@H](C)C(=O)Nc1cc([N+](=O)[O-])ccc1Cl. The molecule has 0 aliphatic heterocycles. The van der Waals surface area contributed by atoms with E-state index >= 15 is 0 Å². The Morgan fingerprint density at radius 2 is 1.96 bits per heavy atom. The Hall–Kier alpha value is -2.80. The van der Waals surface area contributed by atoms with Crippen molar-refractivity contribution in [3.05, 3.63) is 57.1 Å². The maximum Gasteiger partial charge on any atom is 0.271 e. The number of aryl methyl sites for hydroxylation is 1. The van der Waals surface area contributed by atoms with E-state index in [1.165, 1.54) is 18.2 Å². The molecule has 0 unspecified atom stereocenters. The molecule has 8 heteroatoms. The van der Waals surface area contributed by atoms with Crippen molar-refractivity contribution in [2.75, 3.05) is 17.7 Å². The minimum Gasteiger partial charge on any atom is -0.495 e. The highest BCUT2D eigenvalue weighted by Gasteiger charge is 2.18. The van der Waals surface area contributed by atoms with Crippen molar-refractivity contribution in [1.82, 2.24) is 0 Å². The van der Waals surface area contributed by atoms with E-state index in [1.54, 1.807) is 20.1 Å². The standard InChI is InChI=1S/C17H18ClN3O4/c1-10-4-7-16(25-3)15(8-10)19-11(2)17(22)20-14-9-12(21(23)24)5-6-13(14)18/h4-9,11,19H,1-3H3,(H,20,22)/t11-/m1/s1. The average Bonchev–Trinajstić information content (AvgIpc) is 2.56. The van der Waals surface area contributed by atoms with Crippen LogP contribution in [-0.2, 0) is 4.79 Å². The zero-order chi connectivity index (χ0) is 18.6. The third-order valence-electron chi connectivity index (χ3n) is 3.54. The number of hydrogen-bond acceptors (Lipinski definition) is 5. The lowest BCUT2D eigenvalue weighted by atomic mass is 10.2. The Labute approximate surface area is 150 Å². The van der Waals surface area contributed by atoms with Gasteiger partial charge in [-0.15, -0.1) is 0 Å². The highest BCUT2D eigenvalue weighted by molar-refractivity contribution is 6.33. The largest absolute Gasteiger partial charge is 0.495 e. The smallest absolute Gasteiger partial charge is 0.271 e. The number of benzene rings is 2. The molecule has 0 saturated heterocycles. The highest BCUT2D eigenvalue weighted by Crippen LogP contribution is 2.28. The van der Waals surface area contributed by atoms with Gasteiger partial charge in [0.15, 0.2) is 0 Å². The maximum absolute atomic E-state index is 12.4. The van der Waals surface area contributed by atoms with E-state index in [4.69, 9.17) is 16.3 Å². The summed E-state index contributed by atoms with van der Waals surface area (Å²) in [5, 5.41) is 16.7. The first-order chi connectivity index (χ1) is 11.8. The molecule has 0 spiro atoms. The maximum atomic E-state index is 12.4. The monoisotopic (exact) mass is 363 g/mol. The van der Waals surface area contributed by atoms with E-state index in [9.17, 15) is 14.9 Å². The molecule has 0 bridgehead atoms. The summed E-state index contributed by atoms with van der Waals surface area (Å²) in [7, 11) is 1.55. The molecule has 2 rings (SSSR count). The first-order valence-corrected chi connectivity index (χ1v) is 7.85. The minimum atomic E-state index is -0.619. The van der Waals surface area contributed by atoms with E-state index in [-0.39, 0.29) is 22.3 Å². The van der Waals surface area contributed by atoms with Crippen molar-refractivity contribution < 1.29 is 14.5 Å². The molecule has 0 aromatic heterocycles. The first kappa shape index (κ1) is 18.5. The molecular formula is C17H18ClN3O4. The number of carbonyl (C=O) groups excluding carboxylic acids is 1. The van der Waals surface area contributed by atoms with E-state index in [2.05, 4.69) is 10.6 Å². The Bertz CT molecular complexity index is 810. The number of non-ortho nitro benzene ring substituents is 1. The molecule has 2 aromatic carbocycles. The Morgan fingerprint density at radius 3 is 2.60 bits per heavy atom. The quantitative estimate of drug-likeness (QED) is 0.597. The Kier molecular flexibility index (Phi) is 5.82. The summed E-state index contributed by atoms with van der Waals surface area (Å²) in [6, 6.07) is 8.82. The number of nitrogens with one attached hydrogen (secondary N) is 2. The number of halogens is 1. The zero-order valence-corrected chi connectivity index (χ0v) is 14.8. The van der Waals surface area contributed by atoms with Gasteiger partial charge >= 0.3 is 0 Å². The molecule has 0 aliphatic carbocycles. The third kappa shape index (κ3) is 4.60. The lowest BCUT2D eigenvalue weighted by Gasteiger charge is -2.18. The lowest BCUT2D eigenvalue weighted by Crippen LogP contribution is -2.32. The fourth-order valence-corrected chi connectivity index (χ4v) is 2.36. The molecule has 132 valence electrons. The normalized spacial score (nSPS) is 11.5. The van der Waals surface area contributed by atoms with Crippen LogP contribution >= 0.6 is 11.6 Å². The molecule has 1 amide bonds. The van der Waals surface area contributed by atoms with Crippen molar-refractivity contribution in [2.24, 2.45) is 0 Å². The summed E-state index contributed by atoms with van der Waals surface area (Å²) in [4.78, 5) is 22.7. The van der Waals surface area contributed by atoms with Gasteiger partial charge in [0.25, 0.3) is 5.69 Å². The van der Waals surface area contributed by atoms with Crippen molar-refractivity contribution in [3.8, 4) is 5.75 Å². The van der Waals surface area contributed by atoms with Gasteiger partial charge in [-0.25, -0.2) is 0 Å². The summed E-state index contributed by atoms with van der Waals surface area (Å²) in [6.45, 7) is 3.60. The molecule has 2 aromatic rings. The van der Waals surface area contributed by atoms with Crippen LogP contribution in [0.5, 0.6) is 5.75 Å². The topological polar surface area (TPSA) is 93.5 Å². The number of hydrogen-bond donors (Lipinski definition) is 2. The van der Waals surface area contributed by atoms with Gasteiger partial charge in [-0.2, -0.15) is 0 Å². The molecular weight excluding hydrogens is 346 g/mol. The average molecular weight is 364 g/mol. The van der Waals surface area contributed by atoms with Crippen LogP contribution in [0.2, 0.25) is 5.02 Å². The second-order valence-electron chi connectivity index (χ2n) is 5.48. The summed E-state index contributed by atoms with van der Waals surface area (Å²) >= 11 is 6.00. The minimum absolute atomic E-state index is 0.152. The second kappa shape index (κ2) is 7.85. The van der Waals surface area contributed by atoms with Crippen molar-refractivity contribution in [2.45, 2.75) is 19.9 Å². The van der Waals surface area contributed by atoms with Crippen LogP contribution in [0.25, 0.3) is 0 Å². The van der Waals surface area contributed by atoms with Crippen LogP contribution in [0.3, 0.4) is 0 Å². The zero-order valence-electron chi connectivity index (χ0n) is 14.0. The van der Waals surface area contributed by atoms with Gasteiger partial charge in [0.1, 0.15) is 11.8 Å². The molecule has 1 atom stereocenters. The third-order valence-corrected chi connectivity index (χ3v) is 3.87. The predicted molar refractivity (Wildman–Crippen MR) is 97.6 cm³/mol. The number of amides is 1.